The van der Waals surface area contributed by atoms with E-state index in [0.29, 0.717) is 11.5 Å². The average Bonchev–Trinajstić information content (AvgIpc) is 2.47. The van der Waals surface area contributed by atoms with Gasteiger partial charge in [-0.25, -0.2) is 4.79 Å². The van der Waals surface area contributed by atoms with E-state index >= 15 is 0 Å². The van der Waals surface area contributed by atoms with Crippen LogP contribution in [0.2, 0.25) is 0 Å². The second-order valence-corrected chi connectivity index (χ2v) is 4.50. The second kappa shape index (κ2) is 4.42. The number of rotatable bonds is 4. The quantitative estimate of drug-likeness (QED) is 0.807. The Hall–Kier alpha value is -0.830. The van der Waals surface area contributed by atoms with E-state index in [4.69, 9.17) is 5.11 Å². The predicted octanol–water partition coefficient (Wildman–Crippen LogP) is 3.03. The van der Waals surface area contributed by atoms with Crippen LogP contribution in [-0.4, -0.2) is 11.1 Å². The van der Waals surface area contributed by atoms with Gasteiger partial charge in [0.15, 0.2) is 0 Å². The van der Waals surface area contributed by atoms with Crippen LogP contribution in [0.1, 0.15) is 35.5 Å². The van der Waals surface area contributed by atoms with Crippen molar-refractivity contribution in [1.29, 1.82) is 0 Å². The summed E-state index contributed by atoms with van der Waals surface area (Å²) in [4.78, 5) is 11.7. The lowest BCUT2D eigenvalue weighted by Crippen LogP contribution is -1.99. The fraction of sp³-hybridized carbons (Fsp3) is 0.500. The van der Waals surface area contributed by atoms with E-state index in [1.54, 1.807) is 6.07 Å². The van der Waals surface area contributed by atoms with Gasteiger partial charge < -0.3 is 5.11 Å². The molecule has 3 heteroatoms. The van der Waals surface area contributed by atoms with Crippen LogP contribution in [0, 0.1) is 5.92 Å². The molecule has 0 amide bonds. The van der Waals surface area contributed by atoms with Gasteiger partial charge in [0.1, 0.15) is 0 Å². The number of carbonyl (C=O) groups is 1. The highest BCUT2D eigenvalue weighted by Gasteiger charge is 2.10. The van der Waals surface area contributed by atoms with Crippen LogP contribution in [0.25, 0.3) is 0 Å². The molecule has 1 heterocycles. The Morgan fingerprint density at radius 1 is 1.62 bits per heavy atom. The summed E-state index contributed by atoms with van der Waals surface area (Å²) < 4.78 is 0. The van der Waals surface area contributed by atoms with Gasteiger partial charge in [0.2, 0.25) is 0 Å². The van der Waals surface area contributed by atoms with Crippen molar-refractivity contribution < 1.29 is 9.90 Å². The molecule has 1 aromatic rings. The number of carboxylic acids is 1. The lowest BCUT2D eigenvalue weighted by atomic mass is 10.1. The molecular weight excluding hydrogens is 184 g/mol. The van der Waals surface area contributed by atoms with E-state index in [0.717, 1.165) is 17.7 Å². The Morgan fingerprint density at radius 2 is 2.31 bits per heavy atom. The van der Waals surface area contributed by atoms with E-state index in [2.05, 4.69) is 13.8 Å². The summed E-state index contributed by atoms with van der Waals surface area (Å²) in [5.41, 5.74) is 0.477. The summed E-state index contributed by atoms with van der Waals surface area (Å²) in [5, 5.41) is 10.7. The first-order valence-electron chi connectivity index (χ1n) is 4.41. The molecule has 0 bridgehead atoms. The second-order valence-electron chi connectivity index (χ2n) is 3.50. The van der Waals surface area contributed by atoms with Gasteiger partial charge in [0.25, 0.3) is 0 Å². The molecule has 0 atom stereocenters. The summed E-state index contributed by atoms with van der Waals surface area (Å²) in [5.74, 6) is -0.177. The summed E-state index contributed by atoms with van der Waals surface area (Å²) in [6, 6.07) is 1.68. The number of aromatic carboxylic acids is 1. The van der Waals surface area contributed by atoms with Crippen LogP contribution in [0.5, 0.6) is 0 Å². The molecule has 0 unspecified atom stereocenters. The standard InChI is InChI=1S/C10H14O2S/c1-7(2)3-4-9-8(10(11)12)5-6-13-9/h5-7H,3-4H2,1-2H3,(H,11,12). The molecule has 2 nitrogen and oxygen atoms in total. The van der Waals surface area contributed by atoms with Gasteiger partial charge in [-0.2, -0.15) is 0 Å². The highest BCUT2D eigenvalue weighted by atomic mass is 32.1. The van der Waals surface area contributed by atoms with Crippen molar-refractivity contribution in [1.82, 2.24) is 0 Å². The number of thiophene rings is 1. The van der Waals surface area contributed by atoms with E-state index < -0.39 is 5.97 Å². The van der Waals surface area contributed by atoms with E-state index in [1.165, 1.54) is 11.3 Å². The molecule has 13 heavy (non-hydrogen) atoms. The Kier molecular flexibility index (Phi) is 3.48. The molecule has 72 valence electrons. The summed E-state index contributed by atoms with van der Waals surface area (Å²) in [6.07, 6.45) is 1.94. The molecule has 0 saturated heterocycles. The van der Waals surface area contributed by atoms with Crippen molar-refractivity contribution in [2.75, 3.05) is 0 Å². The van der Waals surface area contributed by atoms with Gasteiger partial charge in [-0.05, 0) is 30.2 Å². The van der Waals surface area contributed by atoms with Crippen molar-refractivity contribution in [2.24, 2.45) is 5.92 Å². The number of hydrogen-bond acceptors (Lipinski definition) is 2. The zero-order valence-electron chi connectivity index (χ0n) is 7.91. The molecule has 1 N–H and O–H groups in total. The lowest BCUT2D eigenvalue weighted by Gasteiger charge is -2.03. The topological polar surface area (TPSA) is 37.3 Å². The van der Waals surface area contributed by atoms with Crippen molar-refractivity contribution in [3.8, 4) is 0 Å². The first-order chi connectivity index (χ1) is 6.11. The SMILES string of the molecule is CC(C)CCc1sccc1C(=O)O. The summed E-state index contributed by atoms with van der Waals surface area (Å²) in [6.45, 7) is 4.29. The largest absolute Gasteiger partial charge is 0.478 e. The Bertz CT molecular complexity index is 289. The van der Waals surface area contributed by atoms with Gasteiger partial charge in [-0.15, -0.1) is 11.3 Å². The van der Waals surface area contributed by atoms with Gasteiger partial charge >= 0.3 is 5.97 Å². The summed E-state index contributed by atoms with van der Waals surface area (Å²) >= 11 is 1.54. The molecule has 0 aliphatic rings. The minimum Gasteiger partial charge on any atom is -0.478 e. The molecule has 0 fully saturated rings. The maximum atomic E-state index is 10.7. The van der Waals surface area contributed by atoms with Crippen LogP contribution >= 0.6 is 11.3 Å². The van der Waals surface area contributed by atoms with E-state index in [-0.39, 0.29) is 0 Å². The van der Waals surface area contributed by atoms with Gasteiger partial charge in [-0.1, -0.05) is 13.8 Å². The van der Waals surface area contributed by atoms with Crippen LogP contribution < -0.4 is 0 Å². The van der Waals surface area contributed by atoms with Crippen LogP contribution in [0.15, 0.2) is 11.4 Å². The number of aryl methyl sites for hydroxylation is 1. The monoisotopic (exact) mass is 198 g/mol. The normalized spacial score (nSPS) is 10.7. The Morgan fingerprint density at radius 3 is 2.85 bits per heavy atom. The molecular formula is C10H14O2S. The third-order valence-electron chi connectivity index (χ3n) is 1.92. The smallest absolute Gasteiger partial charge is 0.336 e. The van der Waals surface area contributed by atoms with Gasteiger partial charge in [0.05, 0.1) is 5.56 Å². The van der Waals surface area contributed by atoms with Crippen LogP contribution in [0.3, 0.4) is 0 Å². The van der Waals surface area contributed by atoms with Crippen LogP contribution in [0.4, 0.5) is 0 Å². The average molecular weight is 198 g/mol. The fourth-order valence-electron chi connectivity index (χ4n) is 1.14. The molecule has 1 aromatic heterocycles. The summed E-state index contributed by atoms with van der Waals surface area (Å²) in [7, 11) is 0. The van der Waals surface area contributed by atoms with E-state index in [1.807, 2.05) is 5.38 Å². The van der Waals surface area contributed by atoms with Crippen molar-refractivity contribution in [3.05, 3.63) is 21.9 Å². The first-order valence-corrected chi connectivity index (χ1v) is 5.29. The third kappa shape index (κ3) is 2.84. The number of hydrogen-bond donors (Lipinski definition) is 1. The molecule has 0 spiro atoms. The van der Waals surface area contributed by atoms with Gasteiger partial charge in [-0.3, -0.25) is 0 Å². The Balaban J connectivity index is 2.65. The van der Waals surface area contributed by atoms with Crippen molar-refractivity contribution >= 4 is 17.3 Å². The molecule has 0 saturated carbocycles. The minimum atomic E-state index is -0.806. The highest BCUT2D eigenvalue weighted by molar-refractivity contribution is 7.10. The molecule has 0 aromatic carbocycles. The number of carboxylic acid groups (broad SMARTS) is 1. The molecule has 1 rings (SSSR count). The molecule has 0 radical (unpaired) electrons. The van der Waals surface area contributed by atoms with Crippen LogP contribution in [-0.2, 0) is 6.42 Å². The lowest BCUT2D eigenvalue weighted by molar-refractivity contribution is 0.0696. The van der Waals surface area contributed by atoms with E-state index in [9.17, 15) is 4.79 Å². The zero-order chi connectivity index (χ0) is 9.84. The molecule has 0 aliphatic carbocycles. The molecule has 0 aliphatic heterocycles. The highest BCUT2D eigenvalue weighted by Crippen LogP contribution is 2.20. The maximum absolute atomic E-state index is 10.7. The predicted molar refractivity (Wildman–Crippen MR) is 54.4 cm³/mol. The third-order valence-corrected chi connectivity index (χ3v) is 2.91. The van der Waals surface area contributed by atoms with Gasteiger partial charge in [0, 0.05) is 4.88 Å². The fourth-order valence-corrected chi connectivity index (χ4v) is 2.03. The minimum absolute atomic E-state index is 0.477. The van der Waals surface area contributed by atoms with Crippen molar-refractivity contribution in [3.63, 3.8) is 0 Å². The zero-order valence-corrected chi connectivity index (χ0v) is 8.73. The first kappa shape index (κ1) is 10.3. The van der Waals surface area contributed by atoms with Crippen molar-refractivity contribution in [2.45, 2.75) is 26.7 Å². The Labute approximate surface area is 82.2 Å². The maximum Gasteiger partial charge on any atom is 0.336 e.